The molecule has 3 N–H and O–H groups in total. The van der Waals surface area contributed by atoms with Gasteiger partial charge in [-0.2, -0.15) is 5.10 Å². The number of piperidine rings is 1. The summed E-state index contributed by atoms with van der Waals surface area (Å²) in [5.41, 5.74) is 8.67. The number of nitrogens with one attached hydrogen (secondary N) is 2. The lowest BCUT2D eigenvalue weighted by atomic mass is 9.90. The minimum Gasteiger partial charge on any atom is -0.495 e. The molecule has 3 heterocycles. The topological polar surface area (TPSA) is 117 Å². The molecule has 0 bridgehead atoms. The minimum atomic E-state index is -0.127. The maximum absolute atomic E-state index is 13.0. The first-order valence-electron chi connectivity index (χ1n) is 14.5. The molecule has 1 saturated heterocycles. The summed E-state index contributed by atoms with van der Waals surface area (Å²) in [6, 6.07) is 13.8. The summed E-state index contributed by atoms with van der Waals surface area (Å²) in [5.74, 6) is 0.856. The van der Waals surface area contributed by atoms with E-state index in [9.17, 15) is 4.79 Å². The van der Waals surface area contributed by atoms with Gasteiger partial charge in [0.15, 0.2) is 0 Å². The van der Waals surface area contributed by atoms with E-state index in [1.54, 1.807) is 19.2 Å². The van der Waals surface area contributed by atoms with Gasteiger partial charge in [-0.25, -0.2) is 9.97 Å². The largest absolute Gasteiger partial charge is 0.495 e. The van der Waals surface area contributed by atoms with Crippen molar-refractivity contribution in [3.05, 3.63) is 71.0 Å². The average molecular weight is 568 g/mol. The molecule has 1 fully saturated rings. The highest BCUT2D eigenvalue weighted by molar-refractivity contribution is 5.95. The van der Waals surface area contributed by atoms with E-state index in [-0.39, 0.29) is 18.6 Å². The van der Waals surface area contributed by atoms with Gasteiger partial charge in [-0.15, -0.1) is 0 Å². The third-order valence-electron chi connectivity index (χ3n) is 8.30. The summed E-state index contributed by atoms with van der Waals surface area (Å²) in [4.78, 5) is 24.8. The second kappa shape index (κ2) is 11.9. The molecule has 1 aliphatic heterocycles. The molecular formula is C32H37N7O3. The van der Waals surface area contributed by atoms with Crippen molar-refractivity contribution < 1.29 is 14.6 Å². The average Bonchev–Trinajstić information content (AvgIpc) is 3.34. The zero-order chi connectivity index (χ0) is 29.2. The second-order valence-electron chi connectivity index (χ2n) is 11.0. The van der Waals surface area contributed by atoms with Crippen molar-refractivity contribution in [2.24, 2.45) is 7.05 Å². The van der Waals surface area contributed by atoms with E-state index in [4.69, 9.17) is 19.9 Å². The van der Waals surface area contributed by atoms with Gasteiger partial charge in [0.25, 0.3) is 5.91 Å². The minimum absolute atomic E-state index is 0.113. The summed E-state index contributed by atoms with van der Waals surface area (Å²) in [7, 11) is 3.58. The molecule has 1 aliphatic carbocycles. The molecule has 0 unspecified atom stereocenters. The van der Waals surface area contributed by atoms with E-state index in [1.165, 1.54) is 5.56 Å². The number of methoxy groups -OCH3 is 1. The standard InChI is InChI=1S/C32H37N7O3/c1-20-6-4-5-7-24(20)30-28-26(37-38(30)2)11-9-22-19-33-32(36-29(22)28)35-25-10-8-21(18-27(25)42-3)31(41)34-23-12-14-39(15-13-23)16-17-40/h4-8,10,18-19,23,40H,9,11-17H2,1-3H3,(H,34,41)(H,33,35,36). The lowest BCUT2D eigenvalue weighted by molar-refractivity contribution is 0.0903. The van der Waals surface area contributed by atoms with Crippen molar-refractivity contribution in [2.45, 2.75) is 38.6 Å². The molecule has 1 amide bonds. The van der Waals surface area contributed by atoms with Crippen molar-refractivity contribution in [2.75, 3.05) is 38.7 Å². The number of aliphatic hydroxyl groups is 1. The van der Waals surface area contributed by atoms with Crippen molar-refractivity contribution >= 4 is 17.5 Å². The quantitative estimate of drug-likeness (QED) is 0.294. The van der Waals surface area contributed by atoms with Crippen LogP contribution < -0.4 is 15.4 Å². The number of aromatic nitrogens is 4. The predicted molar refractivity (Wildman–Crippen MR) is 162 cm³/mol. The fraction of sp³-hybridized carbons (Fsp3) is 0.375. The van der Waals surface area contributed by atoms with Crippen molar-refractivity contribution in [3.63, 3.8) is 0 Å². The smallest absolute Gasteiger partial charge is 0.251 e. The first-order valence-corrected chi connectivity index (χ1v) is 14.5. The van der Waals surface area contributed by atoms with Crippen molar-refractivity contribution in [1.82, 2.24) is 30.0 Å². The molecule has 10 nitrogen and oxygen atoms in total. The number of likely N-dealkylation sites (tertiary alicyclic amines) is 1. The van der Waals surface area contributed by atoms with Gasteiger partial charge in [-0.1, -0.05) is 24.3 Å². The third kappa shape index (κ3) is 5.47. The molecule has 42 heavy (non-hydrogen) atoms. The highest BCUT2D eigenvalue weighted by Crippen LogP contribution is 2.40. The fourth-order valence-corrected chi connectivity index (χ4v) is 6.04. The van der Waals surface area contributed by atoms with Crippen LogP contribution in [0.1, 0.15) is 40.0 Å². The molecule has 0 saturated carbocycles. The van der Waals surface area contributed by atoms with Crippen molar-refractivity contribution in [1.29, 1.82) is 0 Å². The number of benzene rings is 2. The van der Waals surface area contributed by atoms with E-state index in [0.29, 0.717) is 29.5 Å². The molecule has 2 aromatic heterocycles. The summed E-state index contributed by atoms with van der Waals surface area (Å²) >= 11 is 0. The molecule has 2 aromatic carbocycles. The maximum Gasteiger partial charge on any atom is 0.251 e. The van der Waals surface area contributed by atoms with Gasteiger partial charge < -0.3 is 25.4 Å². The Balaban J connectivity index is 1.23. The number of aliphatic hydroxyl groups excluding tert-OH is 1. The Labute approximate surface area is 245 Å². The number of hydrogen-bond acceptors (Lipinski definition) is 8. The predicted octanol–water partition coefficient (Wildman–Crippen LogP) is 3.89. The number of carbonyl (C=O) groups excluding carboxylic acids is 1. The first-order chi connectivity index (χ1) is 20.4. The monoisotopic (exact) mass is 567 g/mol. The third-order valence-corrected chi connectivity index (χ3v) is 8.30. The Bertz CT molecular complexity index is 1610. The summed E-state index contributed by atoms with van der Waals surface area (Å²) in [6.07, 6.45) is 5.30. The molecule has 218 valence electrons. The van der Waals surface area contributed by atoms with Crippen LogP contribution in [0.15, 0.2) is 48.7 Å². The molecule has 0 atom stereocenters. The van der Waals surface area contributed by atoms with Gasteiger partial charge in [-0.3, -0.25) is 9.48 Å². The normalized spacial score (nSPS) is 15.1. The van der Waals surface area contributed by atoms with Gasteiger partial charge in [0, 0.05) is 55.6 Å². The number of carbonyl (C=O) groups is 1. The second-order valence-corrected chi connectivity index (χ2v) is 11.0. The Kier molecular flexibility index (Phi) is 7.90. The lowest BCUT2D eigenvalue weighted by Gasteiger charge is -2.31. The molecular weight excluding hydrogens is 530 g/mol. The number of hydrogen-bond donors (Lipinski definition) is 3. The van der Waals surface area contributed by atoms with Gasteiger partial charge in [0.1, 0.15) is 5.75 Å². The maximum atomic E-state index is 13.0. The van der Waals surface area contributed by atoms with Crippen LogP contribution >= 0.6 is 0 Å². The van der Waals surface area contributed by atoms with Crippen LogP contribution in [0.4, 0.5) is 11.6 Å². The Morgan fingerprint density at radius 2 is 1.95 bits per heavy atom. The summed E-state index contributed by atoms with van der Waals surface area (Å²) in [6.45, 7) is 4.69. The van der Waals surface area contributed by atoms with Crippen molar-refractivity contribution in [3.8, 4) is 28.3 Å². The number of β-amino-alcohol motifs (C(OH)–C–C–N with tert-alkyl or cyclic N) is 1. The van der Waals surface area contributed by atoms with Crippen LogP contribution in [0.2, 0.25) is 0 Å². The van der Waals surface area contributed by atoms with E-state index >= 15 is 0 Å². The van der Waals surface area contributed by atoms with Crippen LogP contribution in [0.3, 0.4) is 0 Å². The van der Waals surface area contributed by atoms with Gasteiger partial charge in [0.2, 0.25) is 5.95 Å². The van der Waals surface area contributed by atoms with Crippen LogP contribution in [-0.2, 0) is 19.9 Å². The van der Waals surface area contributed by atoms with Gasteiger partial charge in [-0.05, 0) is 61.9 Å². The van der Waals surface area contributed by atoms with E-state index in [2.05, 4.69) is 45.6 Å². The number of rotatable bonds is 8. The molecule has 0 spiro atoms. The fourth-order valence-electron chi connectivity index (χ4n) is 6.04. The SMILES string of the molecule is COc1cc(C(=O)NC2CCN(CCO)CC2)ccc1Nc1ncc2c(n1)-c1c(nn(C)c1-c1ccccc1C)CC2. The van der Waals surface area contributed by atoms with E-state index in [1.807, 2.05) is 30.1 Å². The van der Waals surface area contributed by atoms with E-state index in [0.717, 1.165) is 72.5 Å². The number of nitrogens with zero attached hydrogens (tertiary/aromatic N) is 5. The Hall–Kier alpha value is -4.28. The molecule has 10 heteroatoms. The number of ether oxygens (including phenoxy) is 1. The zero-order valence-electron chi connectivity index (χ0n) is 24.4. The highest BCUT2D eigenvalue weighted by Gasteiger charge is 2.28. The van der Waals surface area contributed by atoms with Crippen LogP contribution in [0.25, 0.3) is 22.5 Å². The molecule has 6 rings (SSSR count). The van der Waals surface area contributed by atoms with Gasteiger partial charge >= 0.3 is 0 Å². The van der Waals surface area contributed by atoms with E-state index < -0.39 is 0 Å². The number of anilines is 2. The van der Waals surface area contributed by atoms with Crippen LogP contribution in [0, 0.1) is 6.92 Å². The number of fused-ring (bicyclic) bond motifs is 3. The Morgan fingerprint density at radius 3 is 2.71 bits per heavy atom. The zero-order valence-corrected chi connectivity index (χ0v) is 24.4. The molecule has 0 radical (unpaired) electrons. The van der Waals surface area contributed by atoms with Gasteiger partial charge in [0.05, 0.1) is 36.5 Å². The van der Waals surface area contributed by atoms with Crippen LogP contribution in [0.5, 0.6) is 5.75 Å². The first kappa shape index (κ1) is 27.9. The molecule has 2 aliphatic rings. The Morgan fingerprint density at radius 1 is 1.14 bits per heavy atom. The molecule has 4 aromatic rings. The summed E-state index contributed by atoms with van der Waals surface area (Å²) < 4.78 is 7.62. The van der Waals surface area contributed by atoms with Crippen LogP contribution in [-0.4, -0.2) is 75.1 Å². The number of aryl methyl sites for hydroxylation is 4. The number of amides is 1. The lowest BCUT2D eigenvalue weighted by Crippen LogP contribution is -2.45. The summed E-state index contributed by atoms with van der Waals surface area (Å²) in [5, 5.41) is 20.5. The highest BCUT2D eigenvalue weighted by atomic mass is 16.5.